The Hall–Kier alpha value is -0.0297. The zero-order valence-electron chi connectivity index (χ0n) is 2.58. The van der Waals surface area contributed by atoms with Crippen LogP contribution in [0.4, 0.5) is 4.79 Å². The van der Waals surface area contributed by atoms with E-state index in [9.17, 15) is 0 Å². The van der Waals surface area contributed by atoms with Gasteiger partial charge in [0, 0.05) is 22.4 Å². The normalized spacial score (nSPS) is 4.00. The molecule has 0 aliphatic carbocycles. The van der Waals surface area contributed by atoms with Crippen molar-refractivity contribution >= 4 is 6.16 Å². The summed E-state index contributed by atoms with van der Waals surface area (Å²) in [5, 5.41) is 16.7. The largest absolute Gasteiger partial charge is 2.00 e. The molecule has 0 N–H and O–H groups in total. The molecule has 6 heavy (non-hydrogen) atoms. The van der Waals surface area contributed by atoms with Crippen LogP contribution in [0.3, 0.4) is 0 Å². The molecule has 0 spiro atoms. The van der Waals surface area contributed by atoms with Gasteiger partial charge in [-0.3, -0.25) is 0 Å². The molecule has 0 unspecified atom stereocenters. The van der Waals surface area contributed by atoms with Gasteiger partial charge in [-0.15, -0.1) is 0 Å². The van der Waals surface area contributed by atoms with E-state index in [-0.39, 0.29) is 27.9 Å². The van der Waals surface area contributed by atoms with Crippen molar-refractivity contribution in [2.24, 2.45) is 0 Å². The molecule has 0 amide bonds. The van der Waals surface area contributed by atoms with Crippen LogP contribution in [-0.4, -0.2) is 6.16 Å². The molecule has 5 heteroatoms. The van der Waals surface area contributed by atoms with Crippen LogP contribution in [0, 0.1) is 0 Å². The van der Waals surface area contributed by atoms with Gasteiger partial charge in [-0.25, -0.2) is 0 Å². The van der Waals surface area contributed by atoms with E-state index in [0.29, 0.717) is 0 Å². The van der Waals surface area contributed by atoms with Crippen LogP contribution < -0.4 is 10.2 Å². The number of rotatable bonds is 0. The molecule has 0 fully saturated rings. The second-order valence-corrected chi connectivity index (χ2v) is 0.250. The van der Waals surface area contributed by atoms with Crippen LogP contribution >= 0.6 is 0 Å². The van der Waals surface area contributed by atoms with Crippen molar-refractivity contribution in [3.05, 3.63) is 0 Å². The Balaban J connectivity index is -0.0000000450. The number of carbonyl (C=O) groups is 1. The summed E-state index contributed by atoms with van der Waals surface area (Å²) in [6, 6.07) is 0. The monoisotopic (exact) mass is 169 g/mol. The molecule has 0 aromatic rings. The standard InChI is InChI=1S/CH2O3.Nb.O/c2-1(3)4;;/h(H2,2,3,4);;/q;;-2/p-2. The van der Waals surface area contributed by atoms with Gasteiger partial charge in [0.05, 0.1) is 0 Å². The third-order valence-corrected chi connectivity index (χ3v) is 0. The molecule has 0 aromatic heterocycles. The van der Waals surface area contributed by atoms with Crippen molar-refractivity contribution in [1.29, 1.82) is 0 Å². The average Bonchev–Trinajstić information content (AvgIpc) is 0.811. The van der Waals surface area contributed by atoms with E-state index in [2.05, 4.69) is 0 Å². The van der Waals surface area contributed by atoms with Gasteiger partial charge in [-0.1, -0.05) is 0 Å². The van der Waals surface area contributed by atoms with E-state index in [1.54, 1.807) is 0 Å². The van der Waals surface area contributed by atoms with Crippen molar-refractivity contribution < 1.29 is 42.9 Å². The van der Waals surface area contributed by atoms with Crippen molar-refractivity contribution in [1.82, 2.24) is 0 Å². The van der Waals surface area contributed by atoms with Crippen molar-refractivity contribution in [3.8, 4) is 0 Å². The molecule has 0 bridgehead atoms. The van der Waals surface area contributed by atoms with Crippen molar-refractivity contribution in [2.45, 2.75) is 0 Å². The minimum atomic E-state index is -2.33. The number of carbonyl (C=O) groups excluding carboxylic acids is 1. The summed E-state index contributed by atoms with van der Waals surface area (Å²) in [6.07, 6.45) is -2.33. The van der Waals surface area contributed by atoms with Crippen LogP contribution in [0.15, 0.2) is 0 Å². The van der Waals surface area contributed by atoms with Gasteiger partial charge in [0.25, 0.3) is 0 Å². The predicted molar refractivity (Wildman–Crippen MR) is 6.08 cm³/mol. The Labute approximate surface area is 49.6 Å². The third kappa shape index (κ3) is 39600. The van der Waals surface area contributed by atoms with Crippen LogP contribution in [0.1, 0.15) is 0 Å². The van der Waals surface area contributed by atoms with Crippen LogP contribution in [0.2, 0.25) is 0 Å². The van der Waals surface area contributed by atoms with Gasteiger partial charge >= 0.3 is 0 Å². The second kappa shape index (κ2) is 8.88. The molecule has 0 aliphatic rings. The zero-order valence-corrected chi connectivity index (χ0v) is 4.78. The molecular formula is CNbO4-4. The Kier molecular flexibility index (Phi) is 24.7. The van der Waals surface area contributed by atoms with Gasteiger partial charge in [0.1, 0.15) is 0 Å². The summed E-state index contributed by atoms with van der Waals surface area (Å²) in [7, 11) is 0. The van der Waals surface area contributed by atoms with E-state index < -0.39 is 6.16 Å². The Morgan fingerprint density at radius 3 is 1.33 bits per heavy atom. The summed E-state index contributed by atoms with van der Waals surface area (Å²) < 4.78 is 0. The van der Waals surface area contributed by atoms with Crippen molar-refractivity contribution in [2.75, 3.05) is 0 Å². The fourth-order valence-corrected chi connectivity index (χ4v) is 0. The van der Waals surface area contributed by atoms with Gasteiger partial charge in [-0.2, -0.15) is 0 Å². The summed E-state index contributed by atoms with van der Waals surface area (Å²) in [5.74, 6) is 0. The maximum atomic E-state index is 8.33. The topological polar surface area (TPSA) is 91.7 Å². The van der Waals surface area contributed by atoms with Gasteiger partial charge < -0.3 is 20.5 Å². The van der Waals surface area contributed by atoms with Gasteiger partial charge in [0.2, 0.25) is 0 Å². The molecule has 0 rings (SSSR count). The van der Waals surface area contributed by atoms with E-state index in [0.717, 1.165) is 0 Å². The van der Waals surface area contributed by atoms with Gasteiger partial charge in [0.15, 0.2) is 0 Å². The summed E-state index contributed by atoms with van der Waals surface area (Å²) in [4.78, 5) is 8.33. The molecule has 0 saturated carbocycles. The maximum Gasteiger partial charge on any atom is 0 e. The molecule has 0 aromatic carbocycles. The number of hydrogen-bond donors (Lipinski definition) is 0. The summed E-state index contributed by atoms with van der Waals surface area (Å²) in [5.41, 5.74) is 0. The quantitative estimate of drug-likeness (QED) is 0.373. The third-order valence-electron chi connectivity index (χ3n) is 0. The van der Waals surface area contributed by atoms with E-state index in [4.69, 9.17) is 15.0 Å². The average molecular weight is 169 g/mol. The van der Waals surface area contributed by atoms with E-state index in [1.165, 1.54) is 0 Å². The van der Waals surface area contributed by atoms with Crippen molar-refractivity contribution in [3.63, 3.8) is 0 Å². The molecule has 37 valence electrons. The summed E-state index contributed by atoms with van der Waals surface area (Å²) in [6.45, 7) is 0. The minimum Gasteiger partial charge on any atom is -2.00 e. The number of hydrogen-bond acceptors (Lipinski definition) is 3. The smallest absolute Gasteiger partial charge is 0 e. The van der Waals surface area contributed by atoms with Crippen LogP contribution in [0.5, 0.6) is 0 Å². The number of carboxylic acid groups (broad SMARTS) is 2. The fraction of sp³-hybridized carbons (Fsp3) is 0. The molecule has 0 atom stereocenters. The van der Waals surface area contributed by atoms with Gasteiger partial charge in [-0.05, 0) is 6.16 Å². The Bertz CT molecular complexity index is 30.5. The Morgan fingerprint density at radius 1 is 1.33 bits per heavy atom. The van der Waals surface area contributed by atoms with E-state index in [1.807, 2.05) is 0 Å². The SMILES string of the molecule is O=C([O-])[O-].[Nb].[O-2]. The first-order valence-electron chi connectivity index (χ1n) is 0.612. The second-order valence-electron chi connectivity index (χ2n) is 0.250. The first-order chi connectivity index (χ1) is 1.73. The maximum absolute atomic E-state index is 8.33. The molecule has 1 radical (unpaired) electrons. The summed E-state index contributed by atoms with van der Waals surface area (Å²) >= 11 is 0. The van der Waals surface area contributed by atoms with Crippen LogP contribution in [0.25, 0.3) is 0 Å². The zero-order chi connectivity index (χ0) is 3.58. The molecule has 0 saturated heterocycles. The molecular weight excluding hydrogens is 169 g/mol. The Morgan fingerprint density at radius 2 is 1.33 bits per heavy atom. The van der Waals surface area contributed by atoms with E-state index >= 15 is 0 Å². The first kappa shape index (κ1) is 16.7. The minimum absolute atomic E-state index is 0. The predicted octanol–water partition coefficient (Wildman–Crippen LogP) is -2.57. The molecule has 4 nitrogen and oxygen atoms in total. The van der Waals surface area contributed by atoms with Crippen LogP contribution in [-0.2, 0) is 27.9 Å². The molecule has 0 heterocycles. The fourth-order valence-electron chi connectivity index (χ4n) is 0. The first-order valence-corrected chi connectivity index (χ1v) is 0.612. The molecule has 0 aliphatic heterocycles.